The molecular formula is C15H14Cl2N4O3. The number of nitrogens with zero attached hydrogens (tertiary/aromatic N) is 2. The molecule has 24 heavy (non-hydrogen) atoms. The topological polar surface area (TPSA) is 103 Å². The number of para-hydroxylation sites is 1. The van der Waals surface area contributed by atoms with Crippen LogP contribution >= 0.6 is 24.0 Å². The van der Waals surface area contributed by atoms with Crippen molar-refractivity contribution in [1.82, 2.24) is 14.5 Å². The van der Waals surface area contributed by atoms with E-state index in [0.29, 0.717) is 11.2 Å². The van der Waals surface area contributed by atoms with Crippen LogP contribution in [-0.2, 0) is 0 Å². The summed E-state index contributed by atoms with van der Waals surface area (Å²) in [7, 11) is 0. The van der Waals surface area contributed by atoms with Crippen LogP contribution in [0.1, 0.15) is 0 Å². The number of hydrogen-bond donors (Lipinski definition) is 2. The number of nitrogens with two attached hydrogens (primary N) is 1. The first-order chi connectivity index (χ1) is 11.1. The van der Waals surface area contributed by atoms with Gasteiger partial charge in [-0.15, -0.1) is 12.4 Å². The lowest BCUT2D eigenvalue weighted by atomic mass is 10.2. The maximum absolute atomic E-state index is 12.3. The number of aromatic amines is 1. The van der Waals surface area contributed by atoms with E-state index in [4.69, 9.17) is 22.1 Å². The molecule has 0 aliphatic carbocycles. The number of hydrogen-bond acceptors (Lipinski definition) is 5. The minimum absolute atomic E-state index is 0. The smallest absolute Gasteiger partial charge is 0.333 e. The van der Waals surface area contributed by atoms with Crippen molar-refractivity contribution in [2.75, 3.05) is 13.2 Å². The Balaban J connectivity index is 0.00000208. The Hall–Kier alpha value is -2.35. The molecule has 126 valence electrons. The van der Waals surface area contributed by atoms with Gasteiger partial charge in [-0.25, -0.2) is 9.78 Å². The molecule has 1 aromatic carbocycles. The molecule has 2 aromatic heterocycles. The summed E-state index contributed by atoms with van der Waals surface area (Å²) in [6, 6.07) is 10.3. The highest BCUT2D eigenvalue weighted by atomic mass is 35.5. The summed E-state index contributed by atoms with van der Waals surface area (Å²) in [5.41, 5.74) is 5.16. The molecule has 9 heteroatoms. The van der Waals surface area contributed by atoms with Crippen LogP contribution in [0, 0.1) is 0 Å². The van der Waals surface area contributed by atoms with Gasteiger partial charge >= 0.3 is 5.69 Å². The van der Waals surface area contributed by atoms with Crippen molar-refractivity contribution in [2.45, 2.75) is 0 Å². The zero-order valence-corrected chi connectivity index (χ0v) is 13.9. The van der Waals surface area contributed by atoms with Crippen molar-refractivity contribution < 1.29 is 4.74 Å². The van der Waals surface area contributed by atoms with Crippen molar-refractivity contribution in [3.8, 4) is 11.6 Å². The fourth-order valence-corrected chi connectivity index (χ4v) is 2.47. The third kappa shape index (κ3) is 3.28. The molecule has 0 radical (unpaired) electrons. The third-order valence-electron chi connectivity index (χ3n) is 3.20. The standard InChI is InChI=1S/C15H13ClN4O3.ClH/c16-11-8-10-12(14(18-11)23-7-6-17)13(21)19-15(22)20(10)9-4-2-1-3-5-9;/h1-5,8H,6-7,17H2,(H,19,21,22);1H. The number of fused-ring (bicyclic) bond motifs is 1. The SMILES string of the molecule is Cl.NCCOc1nc(Cl)cc2c1c(=O)[nH]c(=O)n2-c1ccccc1. The van der Waals surface area contributed by atoms with Crippen LogP contribution in [0.25, 0.3) is 16.6 Å². The summed E-state index contributed by atoms with van der Waals surface area (Å²) in [5, 5.41) is 0.255. The van der Waals surface area contributed by atoms with E-state index < -0.39 is 11.2 Å². The van der Waals surface area contributed by atoms with E-state index in [9.17, 15) is 9.59 Å². The molecule has 0 fully saturated rings. The number of benzene rings is 1. The number of H-pyrrole nitrogens is 1. The van der Waals surface area contributed by atoms with Gasteiger partial charge in [-0.05, 0) is 12.1 Å². The predicted molar refractivity (Wildman–Crippen MR) is 94.8 cm³/mol. The van der Waals surface area contributed by atoms with Crippen LogP contribution < -0.4 is 21.7 Å². The maximum atomic E-state index is 12.3. The van der Waals surface area contributed by atoms with Gasteiger partial charge in [-0.1, -0.05) is 29.8 Å². The van der Waals surface area contributed by atoms with E-state index in [-0.39, 0.29) is 42.0 Å². The van der Waals surface area contributed by atoms with E-state index in [2.05, 4.69) is 9.97 Å². The Kier molecular flexibility index (Phi) is 5.61. The first-order valence-electron chi connectivity index (χ1n) is 6.85. The molecule has 0 aliphatic rings. The third-order valence-corrected chi connectivity index (χ3v) is 3.39. The van der Waals surface area contributed by atoms with Crippen LogP contribution in [0.15, 0.2) is 46.0 Å². The molecule has 0 saturated heterocycles. The van der Waals surface area contributed by atoms with Crippen LogP contribution in [0.2, 0.25) is 5.15 Å². The highest BCUT2D eigenvalue weighted by molar-refractivity contribution is 6.30. The largest absolute Gasteiger partial charge is 0.476 e. The van der Waals surface area contributed by atoms with Crippen LogP contribution in [0.4, 0.5) is 0 Å². The zero-order valence-electron chi connectivity index (χ0n) is 12.4. The van der Waals surface area contributed by atoms with E-state index in [1.165, 1.54) is 10.6 Å². The molecule has 7 nitrogen and oxygen atoms in total. The van der Waals surface area contributed by atoms with Gasteiger partial charge in [0, 0.05) is 12.6 Å². The quantitative estimate of drug-likeness (QED) is 0.679. The van der Waals surface area contributed by atoms with Gasteiger partial charge < -0.3 is 10.5 Å². The second-order valence-corrected chi connectivity index (χ2v) is 5.10. The average Bonchev–Trinajstić information content (AvgIpc) is 2.53. The second-order valence-electron chi connectivity index (χ2n) is 4.71. The van der Waals surface area contributed by atoms with Gasteiger partial charge in [0.05, 0.1) is 11.2 Å². The number of nitrogens with one attached hydrogen (secondary N) is 1. The zero-order chi connectivity index (χ0) is 16.4. The van der Waals surface area contributed by atoms with Crippen molar-refractivity contribution in [1.29, 1.82) is 0 Å². The Labute approximate surface area is 147 Å². The molecule has 0 saturated carbocycles. The summed E-state index contributed by atoms with van der Waals surface area (Å²) >= 11 is 6.02. The van der Waals surface area contributed by atoms with Gasteiger partial charge in [0.1, 0.15) is 17.1 Å². The van der Waals surface area contributed by atoms with Gasteiger partial charge in [0.25, 0.3) is 5.56 Å². The summed E-state index contributed by atoms with van der Waals surface area (Å²) < 4.78 is 6.75. The summed E-state index contributed by atoms with van der Waals surface area (Å²) in [6.45, 7) is 0.429. The molecule has 3 aromatic rings. The first kappa shape index (κ1) is 18.0. The molecule has 3 N–H and O–H groups in total. The first-order valence-corrected chi connectivity index (χ1v) is 7.23. The monoisotopic (exact) mass is 368 g/mol. The minimum atomic E-state index is -0.589. The molecular weight excluding hydrogens is 355 g/mol. The van der Waals surface area contributed by atoms with Crippen molar-refractivity contribution >= 4 is 34.9 Å². The summed E-state index contributed by atoms with van der Waals surface area (Å²) in [4.78, 5) is 30.8. The highest BCUT2D eigenvalue weighted by Gasteiger charge is 2.16. The average molecular weight is 369 g/mol. The second kappa shape index (κ2) is 7.48. The predicted octanol–water partition coefficient (Wildman–Crippen LogP) is 1.49. The fraction of sp³-hybridized carbons (Fsp3) is 0.133. The minimum Gasteiger partial charge on any atom is -0.476 e. The van der Waals surface area contributed by atoms with E-state index >= 15 is 0 Å². The van der Waals surface area contributed by atoms with Crippen molar-refractivity contribution in [3.05, 3.63) is 62.4 Å². The maximum Gasteiger partial charge on any atom is 0.333 e. The Morgan fingerprint density at radius 3 is 2.62 bits per heavy atom. The molecule has 0 aliphatic heterocycles. The van der Waals surface area contributed by atoms with Gasteiger partial charge in [-0.2, -0.15) is 0 Å². The van der Waals surface area contributed by atoms with Crippen LogP contribution in [0.3, 0.4) is 0 Å². The van der Waals surface area contributed by atoms with E-state index in [1.807, 2.05) is 6.07 Å². The Bertz CT molecular complexity index is 970. The number of halogens is 2. The van der Waals surface area contributed by atoms with Crippen molar-refractivity contribution in [3.63, 3.8) is 0 Å². The number of ether oxygens (including phenoxy) is 1. The van der Waals surface area contributed by atoms with Crippen LogP contribution in [-0.4, -0.2) is 27.7 Å². The molecule has 2 heterocycles. The van der Waals surface area contributed by atoms with Gasteiger partial charge in [0.2, 0.25) is 5.88 Å². The molecule has 0 amide bonds. The normalized spacial score (nSPS) is 10.4. The Morgan fingerprint density at radius 1 is 1.25 bits per heavy atom. The lowest BCUT2D eigenvalue weighted by molar-refractivity contribution is 0.319. The number of aromatic nitrogens is 3. The van der Waals surface area contributed by atoms with Gasteiger partial charge in [-0.3, -0.25) is 14.3 Å². The Morgan fingerprint density at radius 2 is 1.96 bits per heavy atom. The van der Waals surface area contributed by atoms with E-state index in [1.54, 1.807) is 24.3 Å². The summed E-state index contributed by atoms with van der Waals surface area (Å²) in [5.74, 6) is 0.0453. The molecule has 3 rings (SSSR count). The summed E-state index contributed by atoms with van der Waals surface area (Å²) in [6.07, 6.45) is 0. The van der Waals surface area contributed by atoms with E-state index in [0.717, 1.165) is 0 Å². The lowest BCUT2D eigenvalue weighted by Crippen LogP contribution is -2.30. The number of pyridine rings is 1. The molecule has 0 atom stereocenters. The fourth-order valence-electron chi connectivity index (χ4n) is 2.29. The molecule has 0 bridgehead atoms. The van der Waals surface area contributed by atoms with Crippen molar-refractivity contribution in [2.24, 2.45) is 5.73 Å². The number of rotatable bonds is 4. The molecule has 0 unspecified atom stereocenters. The lowest BCUT2D eigenvalue weighted by Gasteiger charge is -2.12. The molecule has 0 spiro atoms. The highest BCUT2D eigenvalue weighted by Crippen LogP contribution is 2.24. The van der Waals surface area contributed by atoms with Gasteiger partial charge in [0.15, 0.2) is 0 Å². The van der Waals surface area contributed by atoms with Crippen LogP contribution in [0.5, 0.6) is 5.88 Å².